The zero-order chi connectivity index (χ0) is 20.9. The number of thiazole rings is 1. The summed E-state index contributed by atoms with van der Waals surface area (Å²) in [6.07, 6.45) is 0. The van der Waals surface area contributed by atoms with E-state index in [-0.39, 0.29) is 6.03 Å². The normalized spacial score (nSPS) is 14.5. The van der Waals surface area contributed by atoms with Crippen molar-refractivity contribution in [1.29, 1.82) is 0 Å². The first-order valence-electron chi connectivity index (χ1n) is 10.0. The Kier molecular flexibility index (Phi) is 6.30. The fourth-order valence-corrected chi connectivity index (χ4v) is 4.35. The molecule has 6 nitrogen and oxygen atoms in total. The Balaban J connectivity index is 1.28. The summed E-state index contributed by atoms with van der Waals surface area (Å²) in [4.78, 5) is 21.6. The van der Waals surface area contributed by atoms with Gasteiger partial charge in [-0.05, 0) is 48.9 Å². The molecule has 1 saturated heterocycles. The van der Waals surface area contributed by atoms with Gasteiger partial charge in [0, 0.05) is 42.8 Å². The van der Waals surface area contributed by atoms with Crippen LogP contribution in [-0.4, -0.2) is 54.1 Å². The maximum Gasteiger partial charge on any atom is 0.321 e. The third-order valence-electron chi connectivity index (χ3n) is 5.23. The molecule has 0 atom stereocenters. The number of ether oxygens (including phenoxy) is 1. The minimum absolute atomic E-state index is 0.0312. The van der Waals surface area contributed by atoms with Crippen molar-refractivity contribution in [3.63, 3.8) is 0 Å². The highest BCUT2D eigenvalue weighted by Gasteiger charge is 2.22. The SMILES string of the molecule is COc1ccc(-c2csc(CN3CCN(C(=O)Nc4cccc(C)c4)CC3)n2)cc1. The average molecular weight is 423 g/mol. The van der Waals surface area contributed by atoms with Crippen LogP contribution in [0.3, 0.4) is 0 Å². The second kappa shape index (κ2) is 9.28. The van der Waals surface area contributed by atoms with Gasteiger partial charge in [0.1, 0.15) is 10.8 Å². The van der Waals surface area contributed by atoms with E-state index in [2.05, 4.69) is 15.6 Å². The Labute approximate surface area is 181 Å². The van der Waals surface area contributed by atoms with Gasteiger partial charge in [-0.1, -0.05) is 12.1 Å². The van der Waals surface area contributed by atoms with Gasteiger partial charge in [-0.25, -0.2) is 9.78 Å². The number of amides is 2. The lowest BCUT2D eigenvalue weighted by molar-refractivity contribution is 0.143. The molecule has 0 spiro atoms. The molecule has 1 aromatic heterocycles. The number of hydrogen-bond donors (Lipinski definition) is 1. The van der Waals surface area contributed by atoms with Crippen molar-refractivity contribution in [1.82, 2.24) is 14.8 Å². The molecule has 7 heteroatoms. The van der Waals surface area contributed by atoms with Crippen LogP contribution >= 0.6 is 11.3 Å². The second-order valence-electron chi connectivity index (χ2n) is 7.42. The number of hydrogen-bond acceptors (Lipinski definition) is 5. The number of aromatic nitrogens is 1. The molecule has 1 fully saturated rings. The number of methoxy groups -OCH3 is 1. The third-order valence-corrected chi connectivity index (χ3v) is 6.06. The van der Waals surface area contributed by atoms with Gasteiger partial charge in [-0.15, -0.1) is 11.3 Å². The number of nitrogens with one attached hydrogen (secondary N) is 1. The number of nitrogens with zero attached hydrogens (tertiary/aromatic N) is 3. The lowest BCUT2D eigenvalue weighted by Gasteiger charge is -2.34. The van der Waals surface area contributed by atoms with Crippen LogP contribution in [-0.2, 0) is 6.54 Å². The quantitative estimate of drug-likeness (QED) is 0.659. The summed E-state index contributed by atoms with van der Waals surface area (Å²) < 4.78 is 5.22. The summed E-state index contributed by atoms with van der Waals surface area (Å²) in [5, 5.41) is 6.19. The predicted molar refractivity (Wildman–Crippen MR) is 121 cm³/mol. The fourth-order valence-electron chi connectivity index (χ4n) is 3.50. The van der Waals surface area contributed by atoms with Crippen LogP contribution in [0.15, 0.2) is 53.9 Å². The van der Waals surface area contributed by atoms with Crippen LogP contribution in [0.25, 0.3) is 11.3 Å². The van der Waals surface area contributed by atoms with Gasteiger partial charge in [0.2, 0.25) is 0 Å². The van der Waals surface area contributed by atoms with Gasteiger partial charge in [-0.2, -0.15) is 0 Å². The largest absolute Gasteiger partial charge is 0.497 e. The monoisotopic (exact) mass is 422 g/mol. The van der Waals surface area contributed by atoms with E-state index in [0.29, 0.717) is 13.1 Å². The van der Waals surface area contributed by atoms with Crippen molar-refractivity contribution in [2.75, 3.05) is 38.6 Å². The first-order chi connectivity index (χ1) is 14.6. The highest BCUT2D eigenvalue weighted by atomic mass is 32.1. The summed E-state index contributed by atoms with van der Waals surface area (Å²) >= 11 is 1.68. The van der Waals surface area contributed by atoms with Gasteiger partial charge >= 0.3 is 6.03 Å². The molecule has 2 heterocycles. The van der Waals surface area contributed by atoms with Gasteiger partial charge in [-0.3, -0.25) is 4.90 Å². The maximum absolute atomic E-state index is 12.5. The molecule has 2 aromatic carbocycles. The lowest BCUT2D eigenvalue weighted by Crippen LogP contribution is -2.49. The molecular formula is C23H26N4O2S. The van der Waals surface area contributed by atoms with Crippen LogP contribution < -0.4 is 10.1 Å². The molecule has 30 heavy (non-hydrogen) atoms. The molecule has 2 amide bonds. The van der Waals surface area contributed by atoms with Gasteiger partial charge < -0.3 is 15.0 Å². The molecule has 0 radical (unpaired) electrons. The van der Waals surface area contributed by atoms with Crippen molar-refractivity contribution in [2.24, 2.45) is 0 Å². The molecule has 0 bridgehead atoms. The number of benzene rings is 2. The zero-order valence-electron chi connectivity index (χ0n) is 17.3. The summed E-state index contributed by atoms with van der Waals surface area (Å²) in [7, 11) is 1.67. The Bertz CT molecular complexity index is 994. The predicted octanol–water partition coefficient (Wildman–Crippen LogP) is 4.48. The number of carbonyl (C=O) groups excluding carboxylic acids is 1. The topological polar surface area (TPSA) is 57.7 Å². The summed E-state index contributed by atoms with van der Waals surface area (Å²) in [6.45, 7) is 5.96. The van der Waals surface area contributed by atoms with E-state index in [9.17, 15) is 4.79 Å². The molecular weight excluding hydrogens is 396 g/mol. The molecule has 156 valence electrons. The van der Waals surface area contributed by atoms with E-state index in [1.54, 1.807) is 18.4 Å². The minimum Gasteiger partial charge on any atom is -0.497 e. The number of aryl methyl sites for hydroxylation is 1. The van der Waals surface area contributed by atoms with Gasteiger partial charge in [0.25, 0.3) is 0 Å². The minimum atomic E-state index is -0.0312. The van der Waals surface area contributed by atoms with E-state index < -0.39 is 0 Å². The van der Waals surface area contributed by atoms with E-state index in [1.165, 1.54) is 0 Å². The molecule has 0 aliphatic carbocycles. The van der Waals surface area contributed by atoms with E-state index in [1.807, 2.05) is 60.4 Å². The lowest BCUT2D eigenvalue weighted by atomic mass is 10.2. The number of piperazine rings is 1. The smallest absolute Gasteiger partial charge is 0.321 e. The van der Waals surface area contributed by atoms with E-state index >= 15 is 0 Å². The van der Waals surface area contributed by atoms with Gasteiger partial charge in [0.05, 0.1) is 19.3 Å². The molecule has 0 saturated carbocycles. The van der Waals surface area contributed by atoms with Crippen LogP contribution in [0.1, 0.15) is 10.6 Å². The van der Waals surface area contributed by atoms with Crippen molar-refractivity contribution in [3.8, 4) is 17.0 Å². The molecule has 1 aliphatic rings. The first kappa shape index (κ1) is 20.4. The first-order valence-corrected chi connectivity index (χ1v) is 10.9. The summed E-state index contributed by atoms with van der Waals surface area (Å²) in [5.41, 5.74) is 4.07. The Morgan fingerprint density at radius 3 is 2.60 bits per heavy atom. The molecule has 3 aromatic rings. The van der Waals surface area contributed by atoms with Crippen LogP contribution in [0.5, 0.6) is 5.75 Å². The van der Waals surface area contributed by atoms with Gasteiger partial charge in [0.15, 0.2) is 0 Å². The van der Waals surface area contributed by atoms with E-state index in [0.717, 1.165) is 52.9 Å². The highest BCUT2D eigenvalue weighted by Crippen LogP contribution is 2.25. The third kappa shape index (κ3) is 4.98. The maximum atomic E-state index is 12.5. The Morgan fingerprint density at radius 1 is 1.13 bits per heavy atom. The second-order valence-corrected chi connectivity index (χ2v) is 8.36. The highest BCUT2D eigenvalue weighted by molar-refractivity contribution is 7.09. The van der Waals surface area contributed by atoms with Crippen molar-refractivity contribution in [3.05, 3.63) is 64.5 Å². The van der Waals surface area contributed by atoms with Crippen LogP contribution in [0.2, 0.25) is 0 Å². The van der Waals surface area contributed by atoms with Crippen molar-refractivity contribution < 1.29 is 9.53 Å². The van der Waals surface area contributed by atoms with Crippen molar-refractivity contribution >= 4 is 23.1 Å². The number of carbonyl (C=O) groups is 1. The summed E-state index contributed by atoms with van der Waals surface area (Å²) in [5.74, 6) is 0.846. The fraction of sp³-hybridized carbons (Fsp3) is 0.304. The summed E-state index contributed by atoms with van der Waals surface area (Å²) in [6, 6.07) is 15.8. The average Bonchev–Trinajstić information content (AvgIpc) is 3.23. The number of urea groups is 1. The Hall–Kier alpha value is -2.90. The number of rotatable bonds is 5. The van der Waals surface area contributed by atoms with Crippen LogP contribution in [0.4, 0.5) is 10.5 Å². The van der Waals surface area contributed by atoms with E-state index in [4.69, 9.17) is 9.72 Å². The zero-order valence-corrected chi connectivity index (χ0v) is 18.1. The molecule has 1 N–H and O–H groups in total. The standard InChI is InChI=1S/C23H26N4O2S/c1-17-4-3-5-19(14-17)24-23(28)27-12-10-26(11-13-27)15-22-25-21(16-30-22)18-6-8-20(29-2)9-7-18/h3-9,14,16H,10-13,15H2,1-2H3,(H,24,28). The van der Waals surface area contributed by atoms with Crippen molar-refractivity contribution in [2.45, 2.75) is 13.5 Å². The number of anilines is 1. The molecule has 1 aliphatic heterocycles. The molecule has 0 unspecified atom stereocenters. The Morgan fingerprint density at radius 2 is 1.90 bits per heavy atom. The molecule has 4 rings (SSSR count). The van der Waals surface area contributed by atoms with Crippen LogP contribution in [0, 0.1) is 6.92 Å².